The first-order valence-corrected chi connectivity index (χ1v) is 7.95. The normalized spacial score (nSPS) is 21.5. The van der Waals surface area contributed by atoms with Crippen molar-refractivity contribution in [2.24, 2.45) is 5.73 Å². The number of nitrogens with zero attached hydrogens (tertiary/aromatic N) is 1. The van der Waals surface area contributed by atoms with Crippen molar-refractivity contribution in [3.05, 3.63) is 29.0 Å². The van der Waals surface area contributed by atoms with E-state index in [1.807, 2.05) is 0 Å². The van der Waals surface area contributed by atoms with Gasteiger partial charge in [0, 0.05) is 19.1 Å². The van der Waals surface area contributed by atoms with E-state index in [-0.39, 0.29) is 22.5 Å². The first-order chi connectivity index (χ1) is 8.96. The molecule has 2 N–H and O–H groups in total. The second-order valence-corrected chi connectivity index (χ2v) is 6.84. The number of halogens is 2. The van der Waals surface area contributed by atoms with E-state index >= 15 is 0 Å². The number of benzene rings is 1. The lowest BCUT2D eigenvalue weighted by atomic mass is 10.1. The standard InChI is InChI=1S/C12H16ClFN2O2S/c13-11-5-4-9(14)7-12(11)19(17,18)16-6-2-1-3-10(16)8-15/h4-5,7,10H,1-3,6,8,15H2/t10-/m1/s1. The fourth-order valence-corrected chi connectivity index (χ4v) is 4.52. The predicted molar refractivity (Wildman–Crippen MR) is 72.0 cm³/mol. The van der Waals surface area contributed by atoms with Gasteiger partial charge in [-0.2, -0.15) is 4.31 Å². The minimum absolute atomic E-state index is 0.0303. The number of sulfonamides is 1. The van der Waals surface area contributed by atoms with Gasteiger partial charge >= 0.3 is 0 Å². The third kappa shape index (κ3) is 2.91. The Hall–Kier alpha value is -0.690. The van der Waals surface area contributed by atoms with Crippen molar-refractivity contribution in [1.29, 1.82) is 0 Å². The zero-order valence-corrected chi connectivity index (χ0v) is 11.9. The topological polar surface area (TPSA) is 63.4 Å². The fraction of sp³-hybridized carbons (Fsp3) is 0.500. The van der Waals surface area contributed by atoms with Crippen molar-refractivity contribution in [1.82, 2.24) is 4.31 Å². The summed E-state index contributed by atoms with van der Waals surface area (Å²) in [6.45, 7) is 0.656. The molecule has 1 heterocycles. The van der Waals surface area contributed by atoms with E-state index in [2.05, 4.69) is 0 Å². The fourth-order valence-electron chi connectivity index (χ4n) is 2.33. The second kappa shape index (κ2) is 5.75. The van der Waals surface area contributed by atoms with Gasteiger partial charge in [-0.05, 0) is 31.0 Å². The summed E-state index contributed by atoms with van der Waals surface area (Å²) < 4.78 is 39.7. The maximum atomic E-state index is 13.3. The quantitative estimate of drug-likeness (QED) is 0.929. The van der Waals surface area contributed by atoms with Crippen LogP contribution in [0.3, 0.4) is 0 Å². The minimum atomic E-state index is -3.80. The smallest absolute Gasteiger partial charge is 0.244 e. The molecule has 0 radical (unpaired) electrons. The Morgan fingerprint density at radius 2 is 2.16 bits per heavy atom. The van der Waals surface area contributed by atoms with Crippen LogP contribution in [-0.2, 0) is 10.0 Å². The van der Waals surface area contributed by atoms with Crippen LogP contribution >= 0.6 is 11.6 Å². The van der Waals surface area contributed by atoms with Crippen molar-refractivity contribution >= 4 is 21.6 Å². The van der Waals surface area contributed by atoms with Gasteiger partial charge < -0.3 is 5.73 Å². The second-order valence-electron chi connectivity index (χ2n) is 4.58. The van der Waals surface area contributed by atoms with E-state index in [1.165, 1.54) is 10.4 Å². The molecule has 7 heteroatoms. The zero-order chi connectivity index (χ0) is 14.0. The maximum absolute atomic E-state index is 13.3. The Balaban J connectivity index is 2.43. The highest BCUT2D eigenvalue weighted by Gasteiger charge is 2.34. The molecule has 1 fully saturated rings. The monoisotopic (exact) mass is 306 g/mol. The molecular formula is C12H16ClFN2O2S. The van der Waals surface area contributed by atoms with E-state index in [9.17, 15) is 12.8 Å². The SMILES string of the molecule is NC[C@H]1CCCCN1S(=O)(=O)c1cc(F)ccc1Cl. The van der Waals surface area contributed by atoms with Gasteiger partial charge in [0.2, 0.25) is 10.0 Å². The number of rotatable bonds is 3. The van der Waals surface area contributed by atoms with E-state index in [0.29, 0.717) is 6.54 Å². The summed E-state index contributed by atoms with van der Waals surface area (Å²) in [7, 11) is -3.80. The third-order valence-corrected chi connectivity index (χ3v) is 5.76. The average molecular weight is 307 g/mol. The maximum Gasteiger partial charge on any atom is 0.244 e. The number of piperidine rings is 1. The van der Waals surface area contributed by atoms with Gasteiger partial charge in [0.15, 0.2) is 0 Å². The zero-order valence-electron chi connectivity index (χ0n) is 10.4. The third-order valence-electron chi connectivity index (χ3n) is 3.33. The first kappa shape index (κ1) is 14.7. The molecule has 0 amide bonds. The van der Waals surface area contributed by atoms with Gasteiger partial charge in [-0.3, -0.25) is 0 Å². The van der Waals surface area contributed by atoms with Crippen LogP contribution in [0.25, 0.3) is 0 Å². The summed E-state index contributed by atoms with van der Waals surface area (Å²) in [5.41, 5.74) is 5.62. The van der Waals surface area contributed by atoms with Crippen LogP contribution in [0.4, 0.5) is 4.39 Å². The van der Waals surface area contributed by atoms with Crippen LogP contribution in [0, 0.1) is 5.82 Å². The molecule has 1 aliphatic rings. The van der Waals surface area contributed by atoms with Crippen LogP contribution in [0.1, 0.15) is 19.3 Å². The minimum Gasteiger partial charge on any atom is -0.329 e. The molecular weight excluding hydrogens is 291 g/mol. The molecule has 1 aromatic carbocycles. The van der Waals surface area contributed by atoms with Crippen molar-refractivity contribution < 1.29 is 12.8 Å². The van der Waals surface area contributed by atoms with Crippen LogP contribution in [-0.4, -0.2) is 31.9 Å². The number of nitrogens with two attached hydrogens (primary N) is 1. The van der Waals surface area contributed by atoms with E-state index in [0.717, 1.165) is 31.4 Å². The highest BCUT2D eigenvalue weighted by atomic mass is 35.5. The molecule has 0 saturated carbocycles. The Labute approximate surface area is 117 Å². The molecule has 1 saturated heterocycles. The average Bonchev–Trinajstić information content (AvgIpc) is 2.41. The molecule has 4 nitrogen and oxygen atoms in total. The van der Waals surface area contributed by atoms with Crippen molar-refractivity contribution in [3.8, 4) is 0 Å². The summed E-state index contributed by atoms with van der Waals surface area (Å²) in [6.07, 6.45) is 2.45. The molecule has 1 aliphatic heterocycles. The number of hydrogen-bond donors (Lipinski definition) is 1. The molecule has 0 spiro atoms. The lowest BCUT2D eigenvalue weighted by Crippen LogP contribution is -2.47. The van der Waals surface area contributed by atoms with Crippen LogP contribution < -0.4 is 5.73 Å². The van der Waals surface area contributed by atoms with Crippen LogP contribution in [0.15, 0.2) is 23.1 Å². The van der Waals surface area contributed by atoms with Crippen molar-refractivity contribution in [2.75, 3.05) is 13.1 Å². The lowest BCUT2D eigenvalue weighted by molar-refractivity contribution is 0.257. The van der Waals surface area contributed by atoms with E-state index < -0.39 is 15.8 Å². The van der Waals surface area contributed by atoms with Gasteiger partial charge in [-0.15, -0.1) is 0 Å². The summed E-state index contributed by atoms with van der Waals surface area (Å²) in [5, 5.41) is 0.0303. The summed E-state index contributed by atoms with van der Waals surface area (Å²) in [6, 6.07) is 3.11. The van der Waals surface area contributed by atoms with Gasteiger partial charge in [0.1, 0.15) is 10.7 Å². The molecule has 0 bridgehead atoms. The Kier molecular flexibility index (Phi) is 4.45. The molecule has 19 heavy (non-hydrogen) atoms. The van der Waals surface area contributed by atoms with Crippen molar-refractivity contribution in [3.63, 3.8) is 0 Å². The van der Waals surface area contributed by atoms with Gasteiger partial charge in [0.25, 0.3) is 0 Å². The molecule has 106 valence electrons. The van der Waals surface area contributed by atoms with E-state index in [1.54, 1.807) is 0 Å². The van der Waals surface area contributed by atoms with Crippen LogP contribution in [0.5, 0.6) is 0 Å². The molecule has 2 rings (SSSR count). The van der Waals surface area contributed by atoms with Crippen LogP contribution in [0.2, 0.25) is 5.02 Å². The highest BCUT2D eigenvalue weighted by molar-refractivity contribution is 7.89. The molecule has 1 atom stereocenters. The van der Waals surface area contributed by atoms with Gasteiger partial charge in [-0.25, -0.2) is 12.8 Å². The Morgan fingerprint density at radius 1 is 1.42 bits per heavy atom. The Morgan fingerprint density at radius 3 is 2.84 bits per heavy atom. The number of hydrogen-bond acceptors (Lipinski definition) is 3. The van der Waals surface area contributed by atoms with E-state index in [4.69, 9.17) is 17.3 Å². The summed E-state index contributed by atoms with van der Waals surface area (Å²) >= 11 is 5.89. The molecule has 0 aliphatic carbocycles. The van der Waals surface area contributed by atoms with Crippen molar-refractivity contribution in [2.45, 2.75) is 30.2 Å². The molecule has 0 aromatic heterocycles. The highest BCUT2D eigenvalue weighted by Crippen LogP contribution is 2.29. The Bertz CT molecular complexity index is 565. The summed E-state index contributed by atoms with van der Waals surface area (Å²) in [4.78, 5) is -0.186. The lowest BCUT2D eigenvalue weighted by Gasteiger charge is -2.34. The molecule has 1 aromatic rings. The van der Waals surface area contributed by atoms with Gasteiger partial charge in [-0.1, -0.05) is 18.0 Å². The molecule has 0 unspecified atom stereocenters. The predicted octanol–water partition coefficient (Wildman–Crippen LogP) is 1.98. The largest absolute Gasteiger partial charge is 0.329 e. The van der Waals surface area contributed by atoms with Gasteiger partial charge in [0.05, 0.1) is 5.02 Å². The first-order valence-electron chi connectivity index (χ1n) is 6.14. The summed E-state index contributed by atoms with van der Waals surface area (Å²) in [5.74, 6) is -0.621.